The van der Waals surface area contributed by atoms with Gasteiger partial charge in [0.15, 0.2) is 5.78 Å². The summed E-state index contributed by atoms with van der Waals surface area (Å²) in [6, 6.07) is 0. The SMILES string of the molecule is CCCC(=O)CC(=O)CC(=O)OCC.[NaH]. The van der Waals surface area contributed by atoms with Crippen LogP contribution in [0.2, 0.25) is 0 Å². The van der Waals surface area contributed by atoms with E-state index in [9.17, 15) is 14.4 Å². The number of ketones is 2. The van der Waals surface area contributed by atoms with Gasteiger partial charge in [0.05, 0.1) is 13.0 Å². The maximum absolute atomic E-state index is 11.1. The summed E-state index contributed by atoms with van der Waals surface area (Å²) in [5.41, 5.74) is 0. The third-order valence-corrected chi connectivity index (χ3v) is 1.57. The van der Waals surface area contributed by atoms with Gasteiger partial charge in [-0.25, -0.2) is 0 Å². The third-order valence-electron chi connectivity index (χ3n) is 1.57. The molecule has 0 heterocycles. The Morgan fingerprint density at radius 3 is 2.07 bits per heavy atom. The van der Waals surface area contributed by atoms with Gasteiger partial charge in [-0.05, 0) is 13.3 Å². The van der Waals surface area contributed by atoms with Crippen LogP contribution in [0.5, 0.6) is 0 Å². The van der Waals surface area contributed by atoms with E-state index in [2.05, 4.69) is 4.74 Å². The maximum atomic E-state index is 11.1. The van der Waals surface area contributed by atoms with E-state index < -0.39 is 5.97 Å². The van der Waals surface area contributed by atoms with Gasteiger partial charge >= 0.3 is 35.5 Å². The van der Waals surface area contributed by atoms with Gasteiger partial charge in [0.2, 0.25) is 0 Å². The van der Waals surface area contributed by atoms with Crippen LogP contribution in [-0.2, 0) is 19.1 Å². The topological polar surface area (TPSA) is 60.4 Å². The molecule has 0 aromatic heterocycles. The second-order valence-corrected chi connectivity index (χ2v) is 2.99. The molecule has 0 saturated heterocycles. The number of hydrogen-bond donors (Lipinski definition) is 0. The fourth-order valence-corrected chi connectivity index (χ4v) is 1.02. The first kappa shape index (κ1) is 17.2. The molecule has 0 bridgehead atoms. The molecule has 0 aliphatic heterocycles. The number of esters is 1. The van der Waals surface area contributed by atoms with E-state index >= 15 is 0 Å². The molecule has 0 aromatic carbocycles. The van der Waals surface area contributed by atoms with Crippen molar-refractivity contribution in [3.63, 3.8) is 0 Å². The molecule has 0 N–H and O–H groups in total. The van der Waals surface area contributed by atoms with E-state index in [0.717, 1.165) is 6.42 Å². The van der Waals surface area contributed by atoms with E-state index in [0.29, 0.717) is 6.42 Å². The van der Waals surface area contributed by atoms with Crippen molar-refractivity contribution in [1.29, 1.82) is 0 Å². The van der Waals surface area contributed by atoms with Crippen LogP contribution in [0.25, 0.3) is 0 Å². The number of carbonyl (C=O) groups is 3. The average molecular weight is 224 g/mol. The van der Waals surface area contributed by atoms with Crippen LogP contribution in [-0.4, -0.2) is 53.7 Å². The Hall–Kier alpha value is -0.190. The van der Waals surface area contributed by atoms with Crippen LogP contribution < -0.4 is 0 Å². The molecule has 0 fully saturated rings. The van der Waals surface area contributed by atoms with Crippen LogP contribution in [0.4, 0.5) is 0 Å². The molecule has 4 nitrogen and oxygen atoms in total. The van der Waals surface area contributed by atoms with Gasteiger partial charge in [0, 0.05) is 6.42 Å². The summed E-state index contributed by atoms with van der Waals surface area (Å²) in [6.07, 6.45) is 0.691. The molecule has 0 unspecified atom stereocenters. The summed E-state index contributed by atoms with van der Waals surface area (Å²) >= 11 is 0. The van der Waals surface area contributed by atoms with Gasteiger partial charge in [0.1, 0.15) is 12.2 Å². The number of carbonyl (C=O) groups excluding carboxylic acids is 3. The predicted octanol–water partition coefficient (Wildman–Crippen LogP) is 0.619. The van der Waals surface area contributed by atoms with E-state index in [1.165, 1.54) is 0 Å². The predicted molar refractivity (Wildman–Crippen MR) is 57.9 cm³/mol. The Morgan fingerprint density at radius 1 is 1.00 bits per heavy atom. The van der Waals surface area contributed by atoms with Crippen LogP contribution in [0.15, 0.2) is 0 Å². The zero-order valence-electron chi connectivity index (χ0n) is 8.67. The number of rotatable bonds is 7. The molecule has 0 saturated carbocycles. The van der Waals surface area contributed by atoms with Gasteiger partial charge in [0.25, 0.3) is 0 Å². The van der Waals surface area contributed by atoms with Gasteiger partial charge in [-0.2, -0.15) is 0 Å². The molecule has 0 atom stereocenters. The molecular weight excluding hydrogens is 207 g/mol. The van der Waals surface area contributed by atoms with E-state index in [-0.39, 0.29) is 60.6 Å². The standard InChI is InChI=1S/C10H16O4.Na.H/c1-3-5-8(11)6-9(12)7-10(13)14-4-2;;/h3-7H2,1-2H3;;. The normalized spacial score (nSPS) is 8.93. The van der Waals surface area contributed by atoms with Crippen molar-refractivity contribution in [3.05, 3.63) is 0 Å². The first-order valence-corrected chi connectivity index (χ1v) is 4.79. The Bertz CT molecular complexity index is 203. The van der Waals surface area contributed by atoms with E-state index in [4.69, 9.17) is 0 Å². The molecule has 5 heteroatoms. The minimum atomic E-state index is -0.554. The Balaban J connectivity index is 0. The molecule has 0 aromatic rings. The summed E-state index contributed by atoms with van der Waals surface area (Å²) in [5, 5.41) is 0. The second kappa shape index (κ2) is 10.3. The van der Waals surface area contributed by atoms with Crippen LogP contribution in [0.1, 0.15) is 39.5 Å². The summed E-state index contributed by atoms with van der Waals surface area (Å²) in [6.45, 7) is 3.80. The third kappa shape index (κ3) is 10.1. The number of ether oxygens (including phenoxy) is 1. The van der Waals surface area contributed by atoms with Crippen molar-refractivity contribution in [2.75, 3.05) is 6.61 Å². The van der Waals surface area contributed by atoms with Gasteiger partial charge in [-0.15, -0.1) is 0 Å². The Morgan fingerprint density at radius 2 is 1.60 bits per heavy atom. The summed E-state index contributed by atoms with van der Waals surface area (Å²) in [5.74, 6) is -1.02. The molecule has 0 rings (SSSR count). The van der Waals surface area contributed by atoms with Crippen LogP contribution >= 0.6 is 0 Å². The van der Waals surface area contributed by atoms with Crippen LogP contribution in [0.3, 0.4) is 0 Å². The molecule has 0 aliphatic carbocycles. The van der Waals surface area contributed by atoms with Crippen molar-refractivity contribution < 1.29 is 19.1 Å². The van der Waals surface area contributed by atoms with Crippen molar-refractivity contribution in [2.24, 2.45) is 0 Å². The van der Waals surface area contributed by atoms with Crippen LogP contribution in [0, 0.1) is 0 Å². The summed E-state index contributed by atoms with van der Waals surface area (Å²) in [4.78, 5) is 33.0. The summed E-state index contributed by atoms with van der Waals surface area (Å²) < 4.78 is 4.58. The monoisotopic (exact) mass is 224 g/mol. The zero-order valence-corrected chi connectivity index (χ0v) is 8.67. The van der Waals surface area contributed by atoms with Gasteiger partial charge in [-0.1, -0.05) is 6.92 Å². The van der Waals surface area contributed by atoms with E-state index in [1.807, 2.05) is 6.92 Å². The molecule has 0 radical (unpaired) electrons. The molecule has 15 heavy (non-hydrogen) atoms. The molecule has 82 valence electrons. The van der Waals surface area contributed by atoms with Gasteiger partial charge < -0.3 is 4.74 Å². The number of Topliss-reactive ketones (excluding diaryl/α,β-unsaturated/α-hetero) is 2. The fraction of sp³-hybridized carbons (Fsp3) is 0.700. The molecule has 0 aliphatic rings. The zero-order chi connectivity index (χ0) is 11.0. The summed E-state index contributed by atoms with van der Waals surface area (Å²) in [7, 11) is 0. The fourth-order valence-electron chi connectivity index (χ4n) is 1.02. The van der Waals surface area contributed by atoms with Crippen molar-refractivity contribution in [2.45, 2.75) is 39.5 Å². The average Bonchev–Trinajstić information content (AvgIpc) is 2.03. The van der Waals surface area contributed by atoms with Crippen molar-refractivity contribution in [1.82, 2.24) is 0 Å². The minimum absolute atomic E-state index is 0. The molecular formula is C10H17NaO4. The second-order valence-electron chi connectivity index (χ2n) is 2.99. The van der Waals surface area contributed by atoms with E-state index in [1.54, 1.807) is 6.92 Å². The van der Waals surface area contributed by atoms with Crippen molar-refractivity contribution in [3.8, 4) is 0 Å². The van der Waals surface area contributed by atoms with Crippen molar-refractivity contribution >= 4 is 47.1 Å². The quantitative estimate of drug-likeness (QED) is 0.361. The first-order chi connectivity index (χ1) is 6.60. The Labute approximate surface area is 112 Å². The molecule has 0 spiro atoms. The number of hydrogen-bond acceptors (Lipinski definition) is 4. The first-order valence-electron chi connectivity index (χ1n) is 4.79. The van der Waals surface area contributed by atoms with Gasteiger partial charge in [-0.3, -0.25) is 14.4 Å². The Kier molecular flexibility index (Phi) is 11.9. The molecule has 0 amide bonds.